The Morgan fingerprint density at radius 1 is 0.623 bits per heavy atom. The van der Waals surface area contributed by atoms with E-state index in [0.717, 1.165) is 60.6 Å². The first kappa shape index (κ1) is 42.0. The van der Waals surface area contributed by atoms with Crippen molar-refractivity contribution in [2.45, 2.75) is 110 Å². The molecule has 0 aliphatic carbocycles. The Hall–Kier alpha value is -5.41. The van der Waals surface area contributed by atoms with Gasteiger partial charge in [-0.15, -0.1) is 0 Å². The number of nitro groups is 1. The predicted octanol–water partition coefficient (Wildman–Crippen LogP) is -0.261. The molecule has 3 rings (SSSR count). The summed E-state index contributed by atoms with van der Waals surface area (Å²) in [4.78, 5) is 96.5. The van der Waals surface area contributed by atoms with Crippen LogP contribution in [-0.2, 0) is 71.5 Å². The van der Waals surface area contributed by atoms with E-state index in [9.17, 15) is 43.7 Å². The number of carbonyl (C=O) groups excluding carboxylic acids is 7. The van der Waals surface area contributed by atoms with Gasteiger partial charge in [-0.2, -0.15) is 0 Å². The van der Waals surface area contributed by atoms with Crippen molar-refractivity contribution in [2.24, 2.45) is 0 Å². The third-order valence-electron chi connectivity index (χ3n) is 7.43. The number of rotatable bonds is 14. The summed E-state index contributed by atoms with van der Waals surface area (Å²) in [6.07, 6.45) is -12.2. The number of nitrogens with one attached hydrogen (secondary N) is 2. The highest BCUT2D eigenvalue weighted by Gasteiger charge is 2.56. The molecule has 1 aromatic carbocycles. The number of amides is 2. The molecule has 0 bridgehead atoms. The van der Waals surface area contributed by atoms with Gasteiger partial charge in [-0.05, 0) is 12.1 Å². The summed E-state index contributed by atoms with van der Waals surface area (Å²) in [5.41, 5.74) is -0.264. The van der Waals surface area contributed by atoms with Gasteiger partial charge in [-0.3, -0.25) is 43.7 Å². The van der Waals surface area contributed by atoms with Gasteiger partial charge in [0.05, 0.1) is 4.92 Å². The zero-order valence-electron chi connectivity index (χ0n) is 29.8. The van der Waals surface area contributed by atoms with Crippen molar-refractivity contribution in [2.75, 3.05) is 13.2 Å². The molecule has 2 heterocycles. The Balaban J connectivity index is 2.21. The zero-order valence-corrected chi connectivity index (χ0v) is 29.8. The fourth-order valence-corrected chi connectivity index (χ4v) is 5.56. The molecule has 1 aromatic rings. The summed E-state index contributed by atoms with van der Waals surface area (Å²) in [7, 11) is 0. The maximum absolute atomic E-state index is 12.7. The van der Waals surface area contributed by atoms with Crippen LogP contribution in [-0.4, -0.2) is 121 Å². The Bertz CT molecular complexity index is 1540. The van der Waals surface area contributed by atoms with Crippen LogP contribution in [0.2, 0.25) is 0 Å². The molecular formula is C32H41N3O18. The normalized spacial score (nSPS) is 27.9. The Kier molecular flexibility index (Phi) is 15.0. The largest absolute Gasteiger partial charge is 0.463 e. The smallest absolute Gasteiger partial charge is 0.303 e. The number of carbonyl (C=O) groups is 7. The van der Waals surface area contributed by atoms with E-state index in [1.165, 1.54) is 12.1 Å². The highest BCUT2D eigenvalue weighted by molar-refractivity contribution is 5.74. The Morgan fingerprint density at radius 2 is 1.04 bits per heavy atom. The molecule has 2 aliphatic rings. The van der Waals surface area contributed by atoms with Crippen LogP contribution < -0.4 is 15.4 Å². The van der Waals surface area contributed by atoms with Crippen LogP contribution in [0.1, 0.15) is 48.5 Å². The molecule has 21 nitrogen and oxygen atoms in total. The molecule has 0 unspecified atom stereocenters. The van der Waals surface area contributed by atoms with Gasteiger partial charge in [0.15, 0.2) is 24.6 Å². The molecule has 0 spiro atoms. The topological polar surface area (TPSA) is 270 Å². The summed E-state index contributed by atoms with van der Waals surface area (Å²) in [5.74, 6) is -5.48. The van der Waals surface area contributed by atoms with Crippen molar-refractivity contribution in [3.8, 4) is 5.75 Å². The first-order chi connectivity index (χ1) is 24.9. The van der Waals surface area contributed by atoms with E-state index in [0.29, 0.717) is 0 Å². The van der Waals surface area contributed by atoms with Crippen LogP contribution in [0, 0.1) is 10.1 Å². The van der Waals surface area contributed by atoms with E-state index in [1.807, 2.05) is 0 Å². The molecular weight excluding hydrogens is 714 g/mol. The standard InChI is InChI=1S/C32H41N3O18/c1-14(36)33-25-29(49-20(7)42)27(47-18(5)40)23(12-45-16(3)38)52-32(25)53-30-26(34-15(2)37)31(50-22-10-8-21(9-11-22)35(43)44)51-24(13-46-17(4)39)28(30)48-19(6)41/h8-11,23-32H,12-13H2,1-7H3,(H,33,36)(H,34,37)/t23-,24-,25-,26-,27-,28+,29-,30-,31+,32+/m1/s1. The highest BCUT2D eigenvalue weighted by Crippen LogP contribution is 2.34. The van der Waals surface area contributed by atoms with E-state index in [2.05, 4.69) is 10.6 Å². The van der Waals surface area contributed by atoms with Crippen molar-refractivity contribution in [3.05, 3.63) is 34.4 Å². The number of ether oxygens (including phenoxy) is 9. The third kappa shape index (κ3) is 12.4. The minimum Gasteiger partial charge on any atom is -0.463 e. The lowest BCUT2D eigenvalue weighted by Gasteiger charge is -2.49. The second-order valence-corrected chi connectivity index (χ2v) is 11.8. The molecule has 292 valence electrons. The molecule has 2 fully saturated rings. The average Bonchev–Trinajstić information content (AvgIpc) is 3.03. The number of hydrogen-bond acceptors (Lipinski definition) is 18. The summed E-state index contributed by atoms with van der Waals surface area (Å²) < 4.78 is 51.5. The van der Waals surface area contributed by atoms with E-state index < -0.39 is 121 Å². The highest BCUT2D eigenvalue weighted by atomic mass is 16.7. The summed E-state index contributed by atoms with van der Waals surface area (Å²) in [5, 5.41) is 16.4. The number of esters is 5. The van der Waals surface area contributed by atoms with Crippen molar-refractivity contribution >= 4 is 47.3 Å². The predicted molar refractivity (Wildman–Crippen MR) is 171 cm³/mol. The number of hydrogen-bond donors (Lipinski definition) is 2. The lowest BCUT2D eigenvalue weighted by molar-refractivity contribution is -0.384. The monoisotopic (exact) mass is 755 g/mol. The number of nitrogens with zero attached hydrogens (tertiary/aromatic N) is 1. The molecule has 2 aliphatic heterocycles. The van der Waals surface area contributed by atoms with E-state index >= 15 is 0 Å². The molecule has 21 heteroatoms. The molecule has 2 saturated heterocycles. The molecule has 2 N–H and O–H groups in total. The molecule has 10 atom stereocenters. The van der Waals surface area contributed by atoms with Crippen LogP contribution >= 0.6 is 0 Å². The molecule has 0 aromatic heterocycles. The van der Waals surface area contributed by atoms with Gasteiger partial charge in [0, 0.05) is 60.6 Å². The quantitative estimate of drug-likeness (QED) is 0.107. The first-order valence-electron chi connectivity index (χ1n) is 16.1. The average molecular weight is 756 g/mol. The summed E-state index contributed by atoms with van der Waals surface area (Å²) >= 11 is 0. The van der Waals surface area contributed by atoms with Crippen LogP contribution in [0.5, 0.6) is 5.75 Å². The fourth-order valence-electron chi connectivity index (χ4n) is 5.56. The van der Waals surface area contributed by atoms with Crippen LogP contribution in [0.25, 0.3) is 0 Å². The fraction of sp³-hybridized carbons (Fsp3) is 0.594. The zero-order chi connectivity index (χ0) is 39.6. The maximum atomic E-state index is 12.7. The molecule has 53 heavy (non-hydrogen) atoms. The third-order valence-corrected chi connectivity index (χ3v) is 7.43. The second kappa shape index (κ2) is 18.9. The SMILES string of the molecule is CC(=O)N[C@H]1[C@@H](Oc2ccc([N+](=O)[O-])cc2)O[C@H](COC(C)=O)[C@H](OC(C)=O)[C@@H]1O[C@@H]1O[C@H](COC(C)=O)[C@@H](OC(C)=O)[C@H](OC(C)=O)[C@H]1NC(C)=O. The van der Waals surface area contributed by atoms with Crippen LogP contribution in [0.15, 0.2) is 24.3 Å². The van der Waals surface area contributed by atoms with E-state index in [4.69, 9.17) is 42.6 Å². The van der Waals surface area contributed by atoms with E-state index in [-0.39, 0.29) is 11.4 Å². The van der Waals surface area contributed by atoms with Crippen LogP contribution in [0.3, 0.4) is 0 Å². The van der Waals surface area contributed by atoms with Crippen molar-refractivity contribution in [3.63, 3.8) is 0 Å². The van der Waals surface area contributed by atoms with Gasteiger partial charge in [-0.25, -0.2) is 0 Å². The summed E-state index contributed by atoms with van der Waals surface area (Å²) in [6, 6.07) is 1.85. The first-order valence-corrected chi connectivity index (χ1v) is 16.1. The number of benzene rings is 1. The molecule has 2 amide bonds. The molecule has 0 saturated carbocycles. The maximum Gasteiger partial charge on any atom is 0.303 e. The van der Waals surface area contributed by atoms with Gasteiger partial charge in [0.25, 0.3) is 5.69 Å². The summed E-state index contributed by atoms with van der Waals surface area (Å²) in [6.45, 7) is 6.49. The van der Waals surface area contributed by atoms with Gasteiger partial charge < -0.3 is 53.3 Å². The van der Waals surface area contributed by atoms with Gasteiger partial charge in [0.2, 0.25) is 18.1 Å². The van der Waals surface area contributed by atoms with Crippen molar-refractivity contribution in [1.29, 1.82) is 0 Å². The van der Waals surface area contributed by atoms with Crippen molar-refractivity contribution < 1.29 is 81.1 Å². The second-order valence-electron chi connectivity index (χ2n) is 11.8. The lowest BCUT2D eigenvalue weighted by atomic mass is 9.93. The minimum absolute atomic E-state index is 0.0116. The molecule has 0 radical (unpaired) electrons. The Morgan fingerprint density at radius 3 is 1.45 bits per heavy atom. The van der Waals surface area contributed by atoms with Gasteiger partial charge >= 0.3 is 29.8 Å². The Labute approximate surface area is 302 Å². The minimum atomic E-state index is -1.73. The number of nitro benzene ring substituents is 1. The lowest BCUT2D eigenvalue weighted by Crippen LogP contribution is -2.71. The van der Waals surface area contributed by atoms with Crippen molar-refractivity contribution in [1.82, 2.24) is 10.6 Å². The number of non-ortho nitro benzene ring substituents is 1. The van der Waals surface area contributed by atoms with Gasteiger partial charge in [-0.1, -0.05) is 0 Å². The van der Waals surface area contributed by atoms with Crippen LogP contribution in [0.4, 0.5) is 5.69 Å². The van der Waals surface area contributed by atoms with E-state index in [1.54, 1.807) is 0 Å². The van der Waals surface area contributed by atoms with Gasteiger partial charge in [0.1, 0.15) is 49.4 Å².